The highest BCUT2D eigenvalue weighted by Gasteiger charge is 2.32. The van der Waals surface area contributed by atoms with Crippen LogP contribution in [-0.4, -0.2) is 61.8 Å². The van der Waals surface area contributed by atoms with Crippen molar-refractivity contribution in [2.75, 3.05) is 26.3 Å². The van der Waals surface area contributed by atoms with Crippen LogP contribution in [0.3, 0.4) is 0 Å². The highest BCUT2D eigenvalue weighted by Crippen LogP contribution is 2.21. The molecule has 0 unspecified atom stereocenters. The van der Waals surface area contributed by atoms with Crippen LogP contribution in [0.2, 0.25) is 0 Å². The molecule has 1 fully saturated rings. The van der Waals surface area contributed by atoms with Gasteiger partial charge in [-0.1, -0.05) is 80.9 Å². The quantitative estimate of drug-likeness (QED) is 0.148. The third-order valence-electron chi connectivity index (χ3n) is 9.00. The molecule has 1 aliphatic heterocycles. The predicted octanol–water partition coefficient (Wildman–Crippen LogP) is 4.15. The second-order valence-corrected chi connectivity index (χ2v) is 13.5. The summed E-state index contributed by atoms with van der Waals surface area (Å²) < 4.78 is 5.44. The van der Waals surface area contributed by atoms with Gasteiger partial charge in [0.2, 0.25) is 11.8 Å². The van der Waals surface area contributed by atoms with Gasteiger partial charge < -0.3 is 26.8 Å². The number of carbonyl (C=O) groups excluding carboxylic acids is 4. The molecule has 2 amide bonds. The first-order valence-corrected chi connectivity index (χ1v) is 17.4. The molecule has 0 spiro atoms. The number of benzene rings is 2. The standard InChI is InChI=1S/C38H56N4O5/c1-27(2)21-34(36(44)24-31(15-9-10-18-39)37(45)41-26-30-16-19-47-20-17-30)42-38(46)32(22-28-11-5-3-6-12-28)25-35(43)33(40)23-29-13-7-4-8-14-29/h3-8,11-14,27,30-34H,9-10,15-26,39-40H2,1-2H3,(H,41,45)(H,42,46)/t31-,32-,33+,34+/m0/s1. The summed E-state index contributed by atoms with van der Waals surface area (Å²) in [6.45, 7) is 6.49. The molecule has 1 heterocycles. The Kier molecular flexibility index (Phi) is 16.8. The summed E-state index contributed by atoms with van der Waals surface area (Å²) in [5.74, 6) is -1.56. The van der Waals surface area contributed by atoms with Gasteiger partial charge in [0.1, 0.15) is 0 Å². The Balaban J connectivity index is 1.72. The van der Waals surface area contributed by atoms with Crippen LogP contribution in [-0.2, 0) is 36.8 Å². The second-order valence-electron chi connectivity index (χ2n) is 13.5. The predicted molar refractivity (Wildman–Crippen MR) is 185 cm³/mol. The van der Waals surface area contributed by atoms with Crippen molar-refractivity contribution in [3.8, 4) is 0 Å². The number of ether oxygens (including phenoxy) is 1. The van der Waals surface area contributed by atoms with E-state index < -0.39 is 23.9 Å². The Bertz CT molecular complexity index is 1230. The van der Waals surface area contributed by atoms with Crippen molar-refractivity contribution in [3.63, 3.8) is 0 Å². The van der Waals surface area contributed by atoms with E-state index in [-0.39, 0.29) is 42.1 Å². The number of ketones is 2. The van der Waals surface area contributed by atoms with Crippen LogP contribution in [0, 0.1) is 23.7 Å². The number of hydrogen-bond donors (Lipinski definition) is 4. The SMILES string of the molecule is CC(C)C[C@@H](NC(=O)[C@H](CC(=O)[C@H](N)Cc1ccccc1)Cc1ccccc1)C(=O)C[C@H](CCCCN)C(=O)NCC1CCOCC1. The Morgan fingerprint density at radius 3 is 2.00 bits per heavy atom. The van der Waals surface area contributed by atoms with E-state index in [1.807, 2.05) is 74.5 Å². The van der Waals surface area contributed by atoms with Crippen LogP contribution in [0.15, 0.2) is 60.7 Å². The molecule has 0 radical (unpaired) electrons. The molecule has 1 aliphatic rings. The topological polar surface area (TPSA) is 154 Å². The van der Waals surface area contributed by atoms with Gasteiger partial charge in [0.25, 0.3) is 0 Å². The van der Waals surface area contributed by atoms with E-state index in [1.54, 1.807) is 0 Å². The van der Waals surface area contributed by atoms with Crippen LogP contribution in [0.1, 0.15) is 76.3 Å². The van der Waals surface area contributed by atoms with Gasteiger partial charge in [-0.3, -0.25) is 19.2 Å². The zero-order chi connectivity index (χ0) is 34.0. The van der Waals surface area contributed by atoms with Crippen molar-refractivity contribution in [2.24, 2.45) is 35.1 Å². The smallest absolute Gasteiger partial charge is 0.224 e. The maximum atomic E-state index is 13.9. The molecule has 9 heteroatoms. The monoisotopic (exact) mass is 648 g/mol. The lowest BCUT2D eigenvalue weighted by Gasteiger charge is -2.26. The number of unbranched alkanes of at least 4 members (excludes halogenated alkanes) is 1. The van der Waals surface area contributed by atoms with Crippen molar-refractivity contribution in [2.45, 2.75) is 90.1 Å². The summed E-state index contributed by atoms with van der Waals surface area (Å²) in [6.07, 6.45) is 5.03. The largest absolute Gasteiger partial charge is 0.381 e. The first-order chi connectivity index (χ1) is 22.7. The molecule has 2 aromatic carbocycles. The van der Waals surface area contributed by atoms with E-state index >= 15 is 0 Å². The third kappa shape index (κ3) is 14.1. The van der Waals surface area contributed by atoms with Crippen molar-refractivity contribution in [1.82, 2.24) is 10.6 Å². The summed E-state index contributed by atoms with van der Waals surface area (Å²) in [5.41, 5.74) is 13.9. The minimum atomic E-state index is -0.769. The van der Waals surface area contributed by atoms with E-state index in [0.717, 1.165) is 36.8 Å². The van der Waals surface area contributed by atoms with Gasteiger partial charge >= 0.3 is 0 Å². The van der Waals surface area contributed by atoms with Gasteiger partial charge in [-0.15, -0.1) is 0 Å². The number of Topliss-reactive ketones (excluding diaryl/α,β-unsaturated/α-hetero) is 2. The molecule has 4 atom stereocenters. The maximum absolute atomic E-state index is 13.9. The molecule has 0 aliphatic carbocycles. The van der Waals surface area contributed by atoms with Crippen molar-refractivity contribution in [1.29, 1.82) is 0 Å². The Labute approximate surface area is 281 Å². The molecule has 0 bridgehead atoms. The van der Waals surface area contributed by atoms with Crippen molar-refractivity contribution in [3.05, 3.63) is 71.8 Å². The lowest BCUT2D eigenvalue weighted by Crippen LogP contribution is -2.47. The van der Waals surface area contributed by atoms with E-state index in [9.17, 15) is 19.2 Å². The number of nitrogens with two attached hydrogens (primary N) is 2. The Morgan fingerprint density at radius 1 is 0.809 bits per heavy atom. The summed E-state index contributed by atoms with van der Waals surface area (Å²) in [4.78, 5) is 54.5. The number of amides is 2. The molecule has 258 valence electrons. The molecule has 0 aromatic heterocycles. The molecule has 6 N–H and O–H groups in total. The maximum Gasteiger partial charge on any atom is 0.224 e. The molecule has 1 saturated heterocycles. The number of carbonyl (C=O) groups is 4. The fourth-order valence-electron chi connectivity index (χ4n) is 6.15. The van der Waals surface area contributed by atoms with E-state index in [0.29, 0.717) is 57.9 Å². The average Bonchev–Trinajstić information content (AvgIpc) is 3.07. The number of hydrogen-bond acceptors (Lipinski definition) is 7. The normalized spacial score (nSPS) is 16.2. The molecule has 0 saturated carbocycles. The Morgan fingerprint density at radius 2 is 1.40 bits per heavy atom. The van der Waals surface area contributed by atoms with Gasteiger partial charge in [-0.2, -0.15) is 0 Å². The van der Waals surface area contributed by atoms with E-state index in [4.69, 9.17) is 16.2 Å². The molecular formula is C38H56N4O5. The van der Waals surface area contributed by atoms with Gasteiger partial charge in [0, 0.05) is 44.4 Å². The lowest BCUT2D eigenvalue weighted by atomic mass is 9.87. The summed E-state index contributed by atoms with van der Waals surface area (Å²) in [6, 6.07) is 17.6. The van der Waals surface area contributed by atoms with Crippen LogP contribution in [0.4, 0.5) is 0 Å². The first kappa shape index (κ1) is 38.1. The van der Waals surface area contributed by atoms with Crippen LogP contribution in [0.25, 0.3) is 0 Å². The van der Waals surface area contributed by atoms with Gasteiger partial charge in [-0.25, -0.2) is 0 Å². The summed E-state index contributed by atoms with van der Waals surface area (Å²) in [7, 11) is 0. The number of rotatable bonds is 21. The molecule has 47 heavy (non-hydrogen) atoms. The number of nitrogens with one attached hydrogen (secondary N) is 2. The first-order valence-electron chi connectivity index (χ1n) is 17.4. The summed E-state index contributed by atoms with van der Waals surface area (Å²) in [5, 5.41) is 6.10. The van der Waals surface area contributed by atoms with Crippen LogP contribution in [0.5, 0.6) is 0 Å². The van der Waals surface area contributed by atoms with Gasteiger partial charge in [-0.05, 0) is 74.5 Å². The van der Waals surface area contributed by atoms with Crippen LogP contribution < -0.4 is 22.1 Å². The zero-order valence-electron chi connectivity index (χ0n) is 28.3. The van der Waals surface area contributed by atoms with Gasteiger partial charge in [0.05, 0.1) is 12.1 Å². The second kappa shape index (κ2) is 20.8. The van der Waals surface area contributed by atoms with Gasteiger partial charge in [0.15, 0.2) is 11.6 Å². The van der Waals surface area contributed by atoms with Crippen LogP contribution >= 0.6 is 0 Å². The zero-order valence-corrected chi connectivity index (χ0v) is 28.3. The molecule has 3 rings (SSSR count). The highest BCUT2D eigenvalue weighted by molar-refractivity contribution is 5.94. The lowest BCUT2D eigenvalue weighted by molar-refractivity contribution is -0.134. The average molecular weight is 649 g/mol. The fourth-order valence-corrected chi connectivity index (χ4v) is 6.15. The molecular weight excluding hydrogens is 592 g/mol. The molecule has 9 nitrogen and oxygen atoms in total. The van der Waals surface area contributed by atoms with Crippen molar-refractivity contribution >= 4 is 23.4 Å². The fraction of sp³-hybridized carbons (Fsp3) is 0.579. The summed E-state index contributed by atoms with van der Waals surface area (Å²) >= 11 is 0. The Hall–Kier alpha value is -3.40. The van der Waals surface area contributed by atoms with Crippen molar-refractivity contribution < 1.29 is 23.9 Å². The highest BCUT2D eigenvalue weighted by atomic mass is 16.5. The minimum absolute atomic E-state index is 0.0338. The van der Waals surface area contributed by atoms with E-state index in [1.165, 1.54) is 0 Å². The third-order valence-corrected chi connectivity index (χ3v) is 9.00. The molecule has 2 aromatic rings. The minimum Gasteiger partial charge on any atom is -0.381 e. The van der Waals surface area contributed by atoms with E-state index in [2.05, 4.69) is 10.6 Å².